The summed E-state index contributed by atoms with van der Waals surface area (Å²) >= 11 is 1.51. The van der Waals surface area contributed by atoms with E-state index in [9.17, 15) is 14.9 Å². The summed E-state index contributed by atoms with van der Waals surface area (Å²) in [5.74, 6) is -0.117. The van der Waals surface area contributed by atoms with Crippen LogP contribution in [0, 0.1) is 17.0 Å². The minimum Gasteiger partial charge on any atom is -0.352 e. The van der Waals surface area contributed by atoms with Gasteiger partial charge in [-0.15, -0.1) is 11.3 Å². The van der Waals surface area contributed by atoms with E-state index in [1.807, 2.05) is 12.3 Å². The summed E-state index contributed by atoms with van der Waals surface area (Å²) in [6.07, 6.45) is 0.247. The Morgan fingerprint density at radius 3 is 2.65 bits per heavy atom. The van der Waals surface area contributed by atoms with Gasteiger partial charge in [0, 0.05) is 24.1 Å². The molecule has 0 bridgehead atoms. The maximum Gasteiger partial charge on any atom is 0.269 e. The highest BCUT2D eigenvalue weighted by Gasteiger charge is 2.07. The van der Waals surface area contributed by atoms with Crippen molar-refractivity contribution in [2.45, 2.75) is 19.9 Å². The first-order valence-electron chi connectivity index (χ1n) is 5.95. The fraction of sp³-hybridized carbons (Fsp3) is 0.231. The largest absolute Gasteiger partial charge is 0.352 e. The highest BCUT2D eigenvalue weighted by Crippen LogP contribution is 2.12. The lowest BCUT2D eigenvalue weighted by Crippen LogP contribution is -2.24. The molecule has 0 saturated heterocycles. The van der Waals surface area contributed by atoms with E-state index in [1.54, 1.807) is 12.1 Å². The molecule has 2 aromatic rings. The Hall–Kier alpha value is -2.28. The number of aryl methyl sites for hydroxylation is 1. The average molecular weight is 291 g/mol. The fourth-order valence-electron chi connectivity index (χ4n) is 1.65. The summed E-state index contributed by atoms with van der Waals surface area (Å²) in [6.45, 7) is 2.24. The van der Waals surface area contributed by atoms with Gasteiger partial charge in [0.05, 0.1) is 22.0 Å². The number of amides is 1. The van der Waals surface area contributed by atoms with Crippen LogP contribution >= 0.6 is 11.3 Å². The number of benzene rings is 1. The number of aromatic nitrogens is 1. The molecule has 1 aromatic heterocycles. The molecule has 104 valence electrons. The van der Waals surface area contributed by atoms with Gasteiger partial charge in [0.2, 0.25) is 5.91 Å². The number of hydrogen-bond donors (Lipinski definition) is 1. The van der Waals surface area contributed by atoms with Crippen LogP contribution < -0.4 is 5.32 Å². The summed E-state index contributed by atoms with van der Waals surface area (Å²) in [4.78, 5) is 26.0. The number of carbonyl (C=O) groups excluding carboxylic acids is 1. The van der Waals surface area contributed by atoms with Crippen LogP contribution in [0.5, 0.6) is 0 Å². The van der Waals surface area contributed by atoms with Crippen LogP contribution in [-0.4, -0.2) is 15.8 Å². The molecule has 20 heavy (non-hydrogen) atoms. The van der Waals surface area contributed by atoms with Gasteiger partial charge in [-0.05, 0) is 12.5 Å². The molecule has 0 spiro atoms. The lowest BCUT2D eigenvalue weighted by molar-refractivity contribution is -0.384. The van der Waals surface area contributed by atoms with Gasteiger partial charge in [0.15, 0.2) is 0 Å². The van der Waals surface area contributed by atoms with E-state index in [-0.39, 0.29) is 18.0 Å². The van der Waals surface area contributed by atoms with E-state index in [2.05, 4.69) is 10.3 Å². The third kappa shape index (κ3) is 3.86. The second-order valence-electron chi connectivity index (χ2n) is 4.23. The van der Waals surface area contributed by atoms with Crippen molar-refractivity contribution in [1.29, 1.82) is 0 Å². The number of thiazole rings is 1. The lowest BCUT2D eigenvalue weighted by atomic mass is 10.2. The molecule has 1 amide bonds. The molecule has 0 fully saturated rings. The minimum atomic E-state index is -0.451. The van der Waals surface area contributed by atoms with Crippen molar-refractivity contribution in [3.8, 4) is 0 Å². The van der Waals surface area contributed by atoms with Crippen molar-refractivity contribution in [3.05, 3.63) is 56.0 Å². The molecule has 1 heterocycles. The van der Waals surface area contributed by atoms with Crippen molar-refractivity contribution < 1.29 is 9.72 Å². The Balaban J connectivity index is 1.85. The van der Waals surface area contributed by atoms with Crippen LogP contribution in [0.15, 0.2) is 29.6 Å². The van der Waals surface area contributed by atoms with Crippen molar-refractivity contribution >= 4 is 22.9 Å². The molecule has 0 unspecified atom stereocenters. The first-order chi connectivity index (χ1) is 9.54. The molecule has 0 aliphatic rings. The number of rotatable bonds is 5. The predicted octanol–water partition coefficient (Wildman–Crippen LogP) is 2.22. The molecular formula is C13H13N3O3S. The van der Waals surface area contributed by atoms with E-state index in [4.69, 9.17) is 0 Å². The van der Waals surface area contributed by atoms with Crippen LogP contribution in [0.2, 0.25) is 0 Å². The number of nitro benzene ring substituents is 1. The number of carbonyl (C=O) groups is 1. The van der Waals surface area contributed by atoms with E-state index >= 15 is 0 Å². The molecule has 0 atom stereocenters. The molecule has 7 heteroatoms. The first-order valence-corrected chi connectivity index (χ1v) is 6.83. The molecule has 0 aliphatic carbocycles. The molecular weight excluding hydrogens is 278 g/mol. The summed E-state index contributed by atoms with van der Waals surface area (Å²) in [6, 6.07) is 6.10. The summed E-state index contributed by atoms with van der Waals surface area (Å²) in [7, 11) is 0. The van der Waals surface area contributed by atoms with E-state index < -0.39 is 4.92 Å². The highest BCUT2D eigenvalue weighted by molar-refractivity contribution is 7.09. The molecule has 0 saturated carbocycles. The summed E-state index contributed by atoms with van der Waals surface area (Å²) in [5.41, 5.74) is 1.62. The number of hydrogen-bond acceptors (Lipinski definition) is 5. The Kier molecular flexibility index (Phi) is 4.41. The smallest absolute Gasteiger partial charge is 0.269 e. The van der Waals surface area contributed by atoms with Crippen LogP contribution in [-0.2, 0) is 17.8 Å². The van der Waals surface area contributed by atoms with Crippen molar-refractivity contribution in [2.75, 3.05) is 0 Å². The van der Waals surface area contributed by atoms with Gasteiger partial charge in [0.25, 0.3) is 5.69 Å². The van der Waals surface area contributed by atoms with Gasteiger partial charge in [-0.2, -0.15) is 0 Å². The number of nitrogens with one attached hydrogen (secondary N) is 1. The van der Waals surface area contributed by atoms with Gasteiger partial charge in [-0.1, -0.05) is 12.1 Å². The highest BCUT2D eigenvalue weighted by atomic mass is 32.1. The zero-order valence-corrected chi connectivity index (χ0v) is 11.6. The number of non-ortho nitro benzene ring substituents is 1. The summed E-state index contributed by atoms with van der Waals surface area (Å²) in [5, 5.41) is 16.1. The van der Waals surface area contributed by atoms with Gasteiger partial charge >= 0.3 is 0 Å². The molecule has 6 nitrogen and oxygen atoms in total. The SMILES string of the molecule is Cc1nc(CC(=O)NCc2ccc([N+](=O)[O-])cc2)cs1. The maximum atomic E-state index is 11.7. The topological polar surface area (TPSA) is 85.1 Å². The Labute approximate surface area is 119 Å². The number of nitro groups is 1. The Morgan fingerprint density at radius 2 is 2.10 bits per heavy atom. The normalized spacial score (nSPS) is 10.2. The maximum absolute atomic E-state index is 11.7. The average Bonchev–Trinajstić information content (AvgIpc) is 2.82. The lowest BCUT2D eigenvalue weighted by Gasteiger charge is -2.04. The quantitative estimate of drug-likeness (QED) is 0.676. The Morgan fingerprint density at radius 1 is 1.40 bits per heavy atom. The number of nitrogens with zero attached hydrogens (tertiary/aromatic N) is 2. The summed E-state index contributed by atoms with van der Waals surface area (Å²) < 4.78 is 0. The van der Waals surface area contributed by atoms with Crippen LogP contribution in [0.3, 0.4) is 0 Å². The molecule has 1 aromatic carbocycles. The molecule has 0 aliphatic heterocycles. The third-order valence-corrected chi connectivity index (χ3v) is 3.47. The van der Waals surface area contributed by atoms with Crippen LogP contribution in [0.1, 0.15) is 16.3 Å². The van der Waals surface area contributed by atoms with Crippen LogP contribution in [0.25, 0.3) is 0 Å². The van der Waals surface area contributed by atoms with Crippen molar-refractivity contribution in [3.63, 3.8) is 0 Å². The zero-order valence-electron chi connectivity index (χ0n) is 10.8. The fourth-order valence-corrected chi connectivity index (χ4v) is 2.27. The van der Waals surface area contributed by atoms with E-state index in [1.165, 1.54) is 23.5 Å². The monoisotopic (exact) mass is 291 g/mol. The first kappa shape index (κ1) is 14.1. The zero-order chi connectivity index (χ0) is 14.5. The predicted molar refractivity (Wildman–Crippen MR) is 75.5 cm³/mol. The molecule has 2 rings (SSSR count). The minimum absolute atomic E-state index is 0.0398. The molecule has 1 N–H and O–H groups in total. The molecule has 0 radical (unpaired) electrons. The van der Waals surface area contributed by atoms with Gasteiger partial charge in [-0.3, -0.25) is 14.9 Å². The van der Waals surface area contributed by atoms with Crippen molar-refractivity contribution in [2.24, 2.45) is 0 Å². The van der Waals surface area contributed by atoms with Gasteiger partial charge in [-0.25, -0.2) is 4.98 Å². The second-order valence-corrected chi connectivity index (χ2v) is 5.30. The van der Waals surface area contributed by atoms with Crippen molar-refractivity contribution in [1.82, 2.24) is 10.3 Å². The van der Waals surface area contributed by atoms with Crippen LogP contribution in [0.4, 0.5) is 5.69 Å². The van der Waals surface area contributed by atoms with E-state index in [0.29, 0.717) is 6.54 Å². The van der Waals surface area contributed by atoms with E-state index in [0.717, 1.165) is 16.3 Å². The van der Waals surface area contributed by atoms with Gasteiger partial charge < -0.3 is 5.32 Å². The Bertz CT molecular complexity index is 622. The second kappa shape index (κ2) is 6.25. The van der Waals surface area contributed by atoms with Gasteiger partial charge in [0.1, 0.15) is 0 Å². The third-order valence-electron chi connectivity index (χ3n) is 2.65. The standard InChI is InChI=1S/C13H13N3O3S/c1-9-15-11(8-20-9)6-13(17)14-7-10-2-4-12(5-3-10)16(18)19/h2-5,8H,6-7H2,1H3,(H,14,17).